The number of pyridine rings is 2. The summed E-state index contributed by atoms with van der Waals surface area (Å²) in [5, 5.41) is 0.770. The molecular weight excluding hydrogens is 340 g/mol. The molecule has 0 unspecified atom stereocenters. The Morgan fingerprint density at radius 1 is 1.04 bits per heavy atom. The van der Waals surface area contributed by atoms with Crippen LogP contribution in [-0.4, -0.2) is 24.2 Å². The molecule has 0 saturated carbocycles. The molecule has 3 rings (SSSR count). The minimum atomic E-state index is -0.898. The first kappa shape index (κ1) is 16.2. The molecule has 2 heterocycles. The molecule has 0 aliphatic rings. The lowest BCUT2D eigenvalue weighted by Gasteiger charge is -2.14. The molecule has 0 spiro atoms. The van der Waals surface area contributed by atoms with Crippen molar-refractivity contribution in [2.75, 3.05) is 20.0 Å². The van der Waals surface area contributed by atoms with Crippen molar-refractivity contribution in [2.24, 2.45) is 0 Å². The van der Waals surface area contributed by atoms with Gasteiger partial charge in [0.15, 0.2) is 23.1 Å². The molecule has 5 nitrogen and oxygen atoms in total. The van der Waals surface area contributed by atoms with Crippen LogP contribution in [-0.2, 0) is 0 Å². The monoisotopic (exact) mass is 351 g/mol. The van der Waals surface area contributed by atoms with Gasteiger partial charge in [0, 0.05) is 29.3 Å². The predicted molar refractivity (Wildman–Crippen MR) is 87.4 cm³/mol. The lowest BCUT2D eigenvalue weighted by molar-refractivity contribution is 0.360. The fraction of sp³-hybridized carbons (Fsp3) is 0.125. The summed E-state index contributed by atoms with van der Waals surface area (Å²) in [6.07, 6.45) is 1.45. The maximum absolute atomic E-state index is 14.6. The largest absolute Gasteiger partial charge is 0.494 e. The Balaban J connectivity index is 2.34. The summed E-state index contributed by atoms with van der Waals surface area (Å²) in [7, 11) is 2.54. The van der Waals surface area contributed by atoms with Gasteiger partial charge in [-0.2, -0.15) is 0 Å². The van der Waals surface area contributed by atoms with Crippen molar-refractivity contribution in [1.29, 1.82) is 0 Å². The number of anilines is 1. The number of aromatic nitrogens is 2. The van der Waals surface area contributed by atoms with E-state index in [1.54, 1.807) is 0 Å². The summed E-state index contributed by atoms with van der Waals surface area (Å²) in [6, 6.07) is 4.12. The molecule has 2 N–H and O–H groups in total. The highest BCUT2D eigenvalue weighted by molar-refractivity contribution is 6.30. The van der Waals surface area contributed by atoms with E-state index >= 15 is 0 Å². The molecule has 0 atom stereocenters. The van der Waals surface area contributed by atoms with Crippen LogP contribution in [0.3, 0.4) is 0 Å². The molecule has 0 aliphatic heterocycles. The maximum Gasteiger partial charge on any atom is 0.176 e. The number of methoxy groups -OCH3 is 2. The van der Waals surface area contributed by atoms with E-state index in [9.17, 15) is 8.78 Å². The second-order valence-electron chi connectivity index (χ2n) is 4.90. The topological polar surface area (TPSA) is 70.3 Å². The SMILES string of the molecule is COc1cc(OC)c(F)c(-c2cc3cnc(Cl)cc3nc2N)c1F. The van der Waals surface area contributed by atoms with Gasteiger partial charge in [0.2, 0.25) is 0 Å². The number of nitrogens with zero attached hydrogens (tertiary/aromatic N) is 2. The van der Waals surface area contributed by atoms with E-state index in [0.29, 0.717) is 10.9 Å². The number of benzene rings is 1. The first-order chi connectivity index (χ1) is 11.5. The second kappa shape index (κ2) is 6.09. The number of halogens is 3. The van der Waals surface area contributed by atoms with Crippen molar-refractivity contribution in [2.45, 2.75) is 0 Å². The highest BCUT2D eigenvalue weighted by Crippen LogP contribution is 2.40. The van der Waals surface area contributed by atoms with E-state index in [1.807, 2.05) is 0 Å². The maximum atomic E-state index is 14.6. The van der Waals surface area contributed by atoms with Crippen molar-refractivity contribution in [3.63, 3.8) is 0 Å². The Kier molecular flexibility index (Phi) is 4.11. The molecule has 124 valence electrons. The molecule has 0 aliphatic carbocycles. The summed E-state index contributed by atoms with van der Waals surface area (Å²) in [6.45, 7) is 0. The zero-order valence-corrected chi connectivity index (χ0v) is 13.5. The summed E-state index contributed by atoms with van der Waals surface area (Å²) < 4.78 is 39.1. The number of hydrogen-bond acceptors (Lipinski definition) is 5. The molecule has 8 heteroatoms. The van der Waals surface area contributed by atoms with Gasteiger partial charge in [-0.15, -0.1) is 0 Å². The number of fused-ring (bicyclic) bond motifs is 1. The molecule has 0 amide bonds. The van der Waals surface area contributed by atoms with Crippen LogP contribution in [0, 0.1) is 11.6 Å². The molecule has 0 saturated heterocycles. The van der Waals surface area contributed by atoms with Crippen LogP contribution in [0.5, 0.6) is 11.5 Å². The van der Waals surface area contributed by atoms with Crippen LogP contribution >= 0.6 is 11.6 Å². The third-order valence-corrected chi connectivity index (χ3v) is 3.74. The van der Waals surface area contributed by atoms with E-state index in [1.165, 1.54) is 32.5 Å². The summed E-state index contributed by atoms with van der Waals surface area (Å²) >= 11 is 5.81. The van der Waals surface area contributed by atoms with Gasteiger partial charge in [0.05, 0.1) is 25.3 Å². The number of nitrogen functional groups attached to an aromatic ring is 1. The Labute approximate surface area is 141 Å². The van der Waals surface area contributed by atoms with E-state index < -0.39 is 11.6 Å². The first-order valence-electron chi connectivity index (χ1n) is 6.78. The number of ether oxygens (including phenoxy) is 2. The predicted octanol–water partition coefficient (Wildman–Crippen LogP) is 3.83. The van der Waals surface area contributed by atoms with Crippen LogP contribution in [0.25, 0.3) is 22.0 Å². The van der Waals surface area contributed by atoms with Crippen LogP contribution < -0.4 is 15.2 Å². The molecule has 0 fully saturated rings. The fourth-order valence-corrected chi connectivity index (χ4v) is 2.53. The van der Waals surface area contributed by atoms with Gasteiger partial charge in [0.25, 0.3) is 0 Å². The van der Waals surface area contributed by atoms with Crippen LogP contribution in [0.15, 0.2) is 24.4 Å². The molecule has 2 aromatic heterocycles. The molecule has 24 heavy (non-hydrogen) atoms. The van der Waals surface area contributed by atoms with E-state index in [2.05, 4.69) is 9.97 Å². The minimum Gasteiger partial charge on any atom is -0.494 e. The summed E-state index contributed by atoms with van der Waals surface area (Å²) in [5.41, 5.74) is 6.05. The van der Waals surface area contributed by atoms with Gasteiger partial charge in [-0.05, 0) is 6.07 Å². The van der Waals surface area contributed by atoms with Crippen LogP contribution in [0.4, 0.5) is 14.6 Å². The molecule has 0 radical (unpaired) electrons. The smallest absolute Gasteiger partial charge is 0.176 e. The lowest BCUT2D eigenvalue weighted by Crippen LogP contribution is -2.02. The van der Waals surface area contributed by atoms with Crippen molar-refractivity contribution in [3.05, 3.63) is 41.2 Å². The standard InChI is InChI=1S/C16H12ClF2N3O2/c1-23-10-5-11(24-2)15(19)13(14(10)18)8-3-7-6-21-12(17)4-9(7)22-16(8)20/h3-6H,1-2H3,(H2,20,22). The van der Waals surface area contributed by atoms with E-state index in [4.69, 9.17) is 26.8 Å². The van der Waals surface area contributed by atoms with E-state index in [0.717, 1.165) is 6.07 Å². The van der Waals surface area contributed by atoms with Gasteiger partial charge in [0.1, 0.15) is 11.0 Å². The molecule has 0 bridgehead atoms. The average Bonchev–Trinajstić information content (AvgIpc) is 2.55. The number of rotatable bonds is 3. The Hall–Kier alpha value is -2.67. The Morgan fingerprint density at radius 2 is 1.67 bits per heavy atom. The van der Waals surface area contributed by atoms with Crippen LogP contribution in [0.2, 0.25) is 5.15 Å². The first-order valence-corrected chi connectivity index (χ1v) is 7.16. The Morgan fingerprint density at radius 3 is 2.25 bits per heavy atom. The van der Waals surface area contributed by atoms with Gasteiger partial charge in [-0.1, -0.05) is 11.6 Å². The van der Waals surface area contributed by atoms with Crippen molar-refractivity contribution in [3.8, 4) is 22.6 Å². The third-order valence-electron chi connectivity index (χ3n) is 3.54. The number of nitrogens with two attached hydrogens (primary N) is 1. The minimum absolute atomic E-state index is 0.0575. The van der Waals surface area contributed by atoms with Gasteiger partial charge >= 0.3 is 0 Å². The fourth-order valence-electron chi connectivity index (χ4n) is 2.38. The highest BCUT2D eigenvalue weighted by atomic mass is 35.5. The highest BCUT2D eigenvalue weighted by Gasteiger charge is 2.23. The van der Waals surface area contributed by atoms with Crippen molar-refractivity contribution < 1.29 is 18.3 Å². The van der Waals surface area contributed by atoms with E-state index in [-0.39, 0.29) is 33.6 Å². The second-order valence-corrected chi connectivity index (χ2v) is 5.29. The molecular formula is C16H12ClF2N3O2. The summed E-state index contributed by atoms with van der Waals surface area (Å²) in [5.74, 6) is -2.19. The zero-order chi connectivity index (χ0) is 17.4. The zero-order valence-electron chi connectivity index (χ0n) is 12.7. The van der Waals surface area contributed by atoms with Crippen molar-refractivity contribution >= 4 is 28.3 Å². The molecule has 3 aromatic rings. The Bertz CT molecular complexity index is 922. The van der Waals surface area contributed by atoms with Gasteiger partial charge < -0.3 is 15.2 Å². The van der Waals surface area contributed by atoms with Crippen LogP contribution in [0.1, 0.15) is 0 Å². The quantitative estimate of drug-likeness (QED) is 0.726. The molecule has 1 aromatic carbocycles. The summed E-state index contributed by atoms with van der Waals surface area (Å²) in [4.78, 5) is 8.08. The van der Waals surface area contributed by atoms with Gasteiger partial charge in [-0.3, -0.25) is 0 Å². The number of hydrogen-bond donors (Lipinski definition) is 1. The van der Waals surface area contributed by atoms with Gasteiger partial charge in [-0.25, -0.2) is 18.7 Å². The van der Waals surface area contributed by atoms with Crippen molar-refractivity contribution in [1.82, 2.24) is 9.97 Å². The normalized spacial score (nSPS) is 10.9. The average molecular weight is 352 g/mol. The lowest BCUT2D eigenvalue weighted by atomic mass is 10.0. The third kappa shape index (κ3) is 2.56.